The lowest BCUT2D eigenvalue weighted by atomic mass is 9.91. The van der Waals surface area contributed by atoms with E-state index in [4.69, 9.17) is 5.26 Å². The molecule has 1 aliphatic heterocycles. The summed E-state index contributed by atoms with van der Waals surface area (Å²) in [6, 6.07) is 28.0. The Bertz CT molecular complexity index is 1330. The van der Waals surface area contributed by atoms with E-state index in [1.807, 2.05) is 60.7 Å². The van der Waals surface area contributed by atoms with Crippen LogP contribution in [0.5, 0.6) is 0 Å². The lowest BCUT2D eigenvalue weighted by Gasteiger charge is -2.37. The number of carbonyl (C=O) groups excluding carboxylic acids is 1. The van der Waals surface area contributed by atoms with Crippen LogP contribution in [0.2, 0.25) is 0 Å². The number of rotatable bonds is 10. The molecule has 4 rings (SSSR count). The molecular weight excluding hydrogens is 494 g/mol. The first kappa shape index (κ1) is 27.6. The van der Waals surface area contributed by atoms with Gasteiger partial charge in [-0.2, -0.15) is 5.26 Å². The van der Waals surface area contributed by atoms with Gasteiger partial charge in [0.2, 0.25) is 5.91 Å². The van der Waals surface area contributed by atoms with E-state index in [1.54, 1.807) is 24.3 Å². The van der Waals surface area contributed by atoms with Gasteiger partial charge in [0.1, 0.15) is 0 Å². The van der Waals surface area contributed by atoms with Crippen LogP contribution >= 0.6 is 0 Å². The third-order valence-corrected chi connectivity index (χ3v) is 9.48. The molecule has 0 aliphatic carbocycles. The molecule has 3 aromatic rings. The number of amides is 1. The van der Waals surface area contributed by atoms with Gasteiger partial charge in [-0.15, -0.1) is 0 Å². The van der Waals surface area contributed by atoms with Crippen LogP contribution in [0.15, 0.2) is 84.9 Å². The zero-order valence-corrected chi connectivity index (χ0v) is 22.6. The van der Waals surface area contributed by atoms with Gasteiger partial charge in [0.05, 0.1) is 22.6 Å². The summed E-state index contributed by atoms with van der Waals surface area (Å²) >= 11 is 0. The Morgan fingerprint density at radius 3 is 2.18 bits per heavy atom. The standard InChI is InChI=1S/C31H35N3O3S/c1-24(20-30(28-10-6-3-7-11-28)38(36,37)23-27-8-4-2-5-9-27)34-18-16-25(17-19-34)21-31(35)33-29-14-12-26(22-32)13-15-29/h2-15,24-25,30H,16-21,23H2,1H3,(H,33,35)/t24-,30?/m1/s1. The predicted molar refractivity (Wildman–Crippen MR) is 151 cm³/mol. The van der Waals surface area contributed by atoms with E-state index in [2.05, 4.69) is 23.2 Å². The molecule has 1 heterocycles. The van der Waals surface area contributed by atoms with E-state index < -0.39 is 15.1 Å². The number of anilines is 1. The number of carbonyl (C=O) groups is 1. The Morgan fingerprint density at radius 2 is 1.58 bits per heavy atom. The van der Waals surface area contributed by atoms with E-state index in [-0.39, 0.29) is 17.7 Å². The van der Waals surface area contributed by atoms with Crippen LogP contribution in [0.4, 0.5) is 5.69 Å². The van der Waals surface area contributed by atoms with Crippen molar-refractivity contribution < 1.29 is 13.2 Å². The van der Waals surface area contributed by atoms with Crippen molar-refractivity contribution in [3.8, 4) is 6.07 Å². The number of hydrogen-bond donors (Lipinski definition) is 1. The zero-order valence-electron chi connectivity index (χ0n) is 21.8. The van der Waals surface area contributed by atoms with Gasteiger partial charge in [-0.05, 0) is 80.6 Å². The predicted octanol–water partition coefficient (Wildman–Crippen LogP) is 5.73. The maximum absolute atomic E-state index is 13.6. The second-order valence-electron chi connectivity index (χ2n) is 10.2. The highest BCUT2D eigenvalue weighted by molar-refractivity contribution is 7.90. The first-order chi connectivity index (χ1) is 18.3. The van der Waals surface area contributed by atoms with Gasteiger partial charge in [0, 0.05) is 18.2 Å². The van der Waals surface area contributed by atoms with Gasteiger partial charge >= 0.3 is 0 Å². The monoisotopic (exact) mass is 529 g/mol. The third kappa shape index (κ3) is 7.53. The second kappa shape index (κ2) is 12.9. The zero-order chi connectivity index (χ0) is 27.0. The first-order valence-corrected chi connectivity index (χ1v) is 14.9. The number of nitriles is 1. The topological polar surface area (TPSA) is 90.3 Å². The summed E-state index contributed by atoms with van der Waals surface area (Å²) in [5.74, 6) is 0.303. The highest BCUT2D eigenvalue weighted by atomic mass is 32.2. The molecule has 198 valence electrons. The number of benzene rings is 3. The lowest BCUT2D eigenvalue weighted by Crippen LogP contribution is -2.41. The molecule has 7 heteroatoms. The Morgan fingerprint density at radius 1 is 0.974 bits per heavy atom. The summed E-state index contributed by atoms with van der Waals surface area (Å²) in [7, 11) is -3.42. The average Bonchev–Trinajstić information content (AvgIpc) is 2.93. The van der Waals surface area contributed by atoms with Crippen LogP contribution in [0.3, 0.4) is 0 Å². The van der Waals surface area contributed by atoms with Crippen LogP contribution < -0.4 is 5.32 Å². The summed E-state index contributed by atoms with van der Waals surface area (Å²) in [5, 5.41) is 11.3. The fourth-order valence-corrected chi connectivity index (χ4v) is 7.23. The van der Waals surface area contributed by atoms with Crippen molar-refractivity contribution in [3.05, 3.63) is 102 Å². The Balaban J connectivity index is 1.34. The van der Waals surface area contributed by atoms with Gasteiger partial charge in [0.25, 0.3) is 0 Å². The second-order valence-corrected chi connectivity index (χ2v) is 12.4. The number of sulfone groups is 1. The molecular formula is C31H35N3O3S. The van der Waals surface area contributed by atoms with Gasteiger partial charge in [-0.1, -0.05) is 60.7 Å². The van der Waals surface area contributed by atoms with Crippen molar-refractivity contribution >= 4 is 21.4 Å². The minimum atomic E-state index is -3.42. The minimum Gasteiger partial charge on any atom is -0.326 e. The van der Waals surface area contributed by atoms with E-state index in [1.165, 1.54) is 0 Å². The first-order valence-electron chi connectivity index (χ1n) is 13.2. The fraction of sp³-hybridized carbons (Fsp3) is 0.355. The van der Waals surface area contributed by atoms with Crippen LogP contribution in [-0.2, 0) is 20.4 Å². The smallest absolute Gasteiger partial charge is 0.224 e. The summed E-state index contributed by atoms with van der Waals surface area (Å²) in [5.41, 5.74) is 2.90. The van der Waals surface area contributed by atoms with Crippen LogP contribution in [0.1, 0.15) is 54.5 Å². The molecule has 1 saturated heterocycles. The molecule has 6 nitrogen and oxygen atoms in total. The van der Waals surface area contributed by atoms with E-state index >= 15 is 0 Å². The van der Waals surface area contributed by atoms with Gasteiger partial charge in [-0.3, -0.25) is 4.79 Å². The number of likely N-dealkylation sites (tertiary alicyclic amines) is 1. The number of hydrogen-bond acceptors (Lipinski definition) is 5. The molecule has 0 aromatic heterocycles. The molecule has 1 N–H and O–H groups in total. The number of piperidine rings is 1. The Labute approximate surface area is 226 Å². The maximum atomic E-state index is 13.6. The molecule has 1 aliphatic rings. The maximum Gasteiger partial charge on any atom is 0.224 e. The van der Waals surface area contributed by atoms with Crippen LogP contribution in [-0.4, -0.2) is 38.4 Å². The van der Waals surface area contributed by atoms with E-state index in [9.17, 15) is 13.2 Å². The highest BCUT2D eigenvalue weighted by Gasteiger charge is 2.32. The summed E-state index contributed by atoms with van der Waals surface area (Å²) in [6.07, 6.45) is 2.79. The van der Waals surface area contributed by atoms with Gasteiger partial charge in [-0.25, -0.2) is 8.42 Å². The largest absolute Gasteiger partial charge is 0.326 e. The molecule has 3 aromatic carbocycles. The molecule has 0 spiro atoms. The molecule has 1 amide bonds. The van der Waals surface area contributed by atoms with Crippen molar-refractivity contribution in [2.24, 2.45) is 5.92 Å². The number of nitrogens with zero attached hydrogens (tertiary/aromatic N) is 2. The minimum absolute atomic E-state index is 0.0163. The Kier molecular flexibility index (Phi) is 9.33. The normalized spacial score (nSPS) is 16.3. The lowest BCUT2D eigenvalue weighted by molar-refractivity contribution is -0.117. The molecule has 1 fully saturated rings. The SMILES string of the molecule is C[C@H](CC(c1ccccc1)S(=O)(=O)Cc1ccccc1)N1CCC(CC(=O)Nc2ccc(C#N)cc2)CC1. The summed E-state index contributed by atoms with van der Waals surface area (Å²) in [6.45, 7) is 3.80. The van der Waals surface area contributed by atoms with Crippen LogP contribution in [0.25, 0.3) is 0 Å². The van der Waals surface area contributed by atoms with Gasteiger partial charge < -0.3 is 10.2 Å². The average molecular weight is 530 g/mol. The number of nitrogens with one attached hydrogen (secondary N) is 1. The molecule has 1 unspecified atom stereocenters. The van der Waals surface area contributed by atoms with E-state index in [0.717, 1.165) is 37.1 Å². The quantitative estimate of drug-likeness (QED) is 0.362. The van der Waals surface area contributed by atoms with Gasteiger partial charge in [0.15, 0.2) is 9.84 Å². The molecule has 38 heavy (non-hydrogen) atoms. The molecule has 0 radical (unpaired) electrons. The van der Waals surface area contributed by atoms with Crippen molar-refractivity contribution in [2.45, 2.75) is 49.7 Å². The fourth-order valence-electron chi connectivity index (χ4n) is 5.22. The van der Waals surface area contributed by atoms with Crippen molar-refractivity contribution in [3.63, 3.8) is 0 Å². The van der Waals surface area contributed by atoms with Crippen molar-refractivity contribution in [1.29, 1.82) is 5.26 Å². The Hall–Kier alpha value is -3.47. The van der Waals surface area contributed by atoms with E-state index in [0.29, 0.717) is 30.0 Å². The molecule has 0 saturated carbocycles. The third-order valence-electron chi connectivity index (χ3n) is 7.42. The van der Waals surface area contributed by atoms with Crippen molar-refractivity contribution in [2.75, 3.05) is 18.4 Å². The molecule has 2 atom stereocenters. The summed E-state index contributed by atoms with van der Waals surface area (Å²) < 4.78 is 27.2. The van der Waals surface area contributed by atoms with Crippen molar-refractivity contribution in [1.82, 2.24) is 4.90 Å². The summed E-state index contributed by atoms with van der Waals surface area (Å²) in [4.78, 5) is 14.9. The van der Waals surface area contributed by atoms with Crippen LogP contribution in [0, 0.1) is 17.2 Å². The highest BCUT2D eigenvalue weighted by Crippen LogP contribution is 2.33. The molecule has 0 bridgehead atoms.